The Hall–Kier alpha value is -3.53. The first-order chi connectivity index (χ1) is 14.5. The molecule has 1 aliphatic heterocycles. The highest BCUT2D eigenvalue weighted by atomic mass is 32.2. The number of carbonyl (C=O) groups excluding carboxylic acids is 2. The molecule has 2 N–H and O–H groups in total. The van der Waals surface area contributed by atoms with E-state index in [1.54, 1.807) is 18.2 Å². The fraction of sp³-hybridized carbons (Fsp3) is 0.200. The average molecular weight is 425 g/mol. The summed E-state index contributed by atoms with van der Waals surface area (Å²) in [6.45, 7) is 2.16. The van der Waals surface area contributed by atoms with Crippen LogP contribution in [-0.4, -0.2) is 39.2 Å². The number of benzene rings is 2. The van der Waals surface area contributed by atoms with Gasteiger partial charge in [-0.3, -0.25) is 10.1 Å². The second kappa shape index (κ2) is 8.46. The van der Waals surface area contributed by atoms with Crippen LogP contribution >= 0.6 is 11.8 Å². The molecule has 3 amide bonds. The van der Waals surface area contributed by atoms with Gasteiger partial charge in [0.25, 0.3) is 0 Å². The minimum absolute atomic E-state index is 0.0223. The summed E-state index contributed by atoms with van der Waals surface area (Å²) in [6.07, 6.45) is 0. The van der Waals surface area contributed by atoms with E-state index in [4.69, 9.17) is 9.47 Å². The van der Waals surface area contributed by atoms with Gasteiger partial charge in [-0.25, -0.2) is 4.79 Å². The number of amides is 3. The summed E-state index contributed by atoms with van der Waals surface area (Å²) in [5, 5.41) is 13.8. The lowest BCUT2D eigenvalue weighted by Gasteiger charge is -2.07. The first-order valence-corrected chi connectivity index (χ1v) is 10.1. The van der Waals surface area contributed by atoms with E-state index in [9.17, 15) is 9.59 Å². The average Bonchev–Trinajstić information content (AvgIpc) is 3.33. The van der Waals surface area contributed by atoms with Gasteiger partial charge in [0.05, 0.1) is 5.75 Å². The van der Waals surface area contributed by atoms with E-state index in [-0.39, 0.29) is 12.5 Å². The fourth-order valence-electron chi connectivity index (χ4n) is 2.82. The summed E-state index contributed by atoms with van der Waals surface area (Å²) < 4.78 is 12.3. The number of nitrogens with one attached hydrogen (secondary N) is 2. The molecule has 0 bridgehead atoms. The molecule has 4 rings (SSSR count). The molecule has 0 atom stereocenters. The standard InChI is InChI=1S/C20H19N5O4S/c1-12-3-5-13(6-4-12)18-23-24-20(25(18)2)30-10-17(26)22-19(27)21-14-7-8-15-16(9-14)29-11-28-15/h3-9H,10-11H2,1-2H3,(H2,21,22,26,27). The molecule has 2 heterocycles. The van der Waals surface area contributed by atoms with E-state index in [0.717, 1.165) is 11.1 Å². The summed E-state index contributed by atoms with van der Waals surface area (Å²) in [5.74, 6) is 1.44. The van der Waals surface area contributed by atoms with Gasteiger partial charge in [0.1, 0.15) is 0 Å². The van der Waals surface area contributed by atoms with Crippen LogP contribution in [0.5, 0.6) is 11.5 Å². The van der Waals surface area contributed by atoms with Crippen molar-refractivity contribution in [1.82, 2.24) is 20.1 Å². The number of aryl methyl sites for hydroxylation is 1. The maximum atomic E-state index is 12.1. The predicted octanol–water partition coefficient (Wildman–Crippen LogP) is 2.96. The zero-order valence-electron chi connectivity index (χ0n) is 16.3. The number of urea groups is 1. The molecule has 154 valence electrons. The van der Waals surface area contributed by atoms with Gasteiger partial charge in [0, 0.05) is 24.4 Å². The molecule has 0 radical (unpaired) electrons. The third-order valence-electron chi connectivity index (χ3n) is 4.36. The smallest absolute Gasteiger partial charge is 0.325 e. The number of aromatic nitrogens is 3. The highest BCUT2D eigenvalue weighted by Gasteiger charge is 2.16. The van der Waals surface area contributed by atoms with Gasteiger partial charge in [-0.05, 0) is 19.1 Å². The Bertz CT molecular complexity index is 1100. The van der Waals surface area contributed by atoms with E-state index < -0.39 is 11.9 Å². The Morgan fingerprint density at radius 3 is 2.67 bits per heavy atom. The molecular weight excluding hydrogens is 406 g/mol. The topological polar surface area (TPSA) is 107 Å². The number of imide groups is 1. The number of thioether (sulfide) groups is 1. The van der Waals surface area contributed by atoms with Gasteiger partial charge in [-0.15, -0.1) is 10.2 Å². The van der Waals surface area contributed by atoms with Gasteiger partial charge >= 0.3 is 6.03 Å². The van der Waals surface area contributed by atoms with Crippen LogP contribution in [0.25, 0.3) is 11.4 Å². The Morgan fingerprint density at radius 1 is 1.10 bits per heavy atom. The lowest BCUT2D eigenvalue weighted by molar-refractivity contribution is -0.117. The molecule has 0 aliphatic carbocycles. The number of anilines is 1. The predicted molar refractivity (Wildman–Crippen MR) is 112 cm³/mol. The number of hydrogen-bond acceptors (Lipinski definition) is 7. The molecule has 0 spiro atoms. The SMILES string of the molecule is Cc1ccc(-c2nnc(SCC(=O)NC(=O)Nc3ccc4c(c3)OCO4)n2C)cc1. The Labute approximate surface area is 176 Å². The molecule has 30 heavy (non-hydrogen) atoms. The van der Waals surface area contributed by atoms with Crippen molar-refractivity contribution in [2.24, 2.45) is 7.05 Å². The van der Waals surface area contributed by atoms with Crippen LogP contribution in [0.4, 0.5) is 10.5 Å². The number of fused-ring (bicyclic) bond motifs is 1. The molecule has 0 fully saturated rings. The molecule has 1 aromatic heterocycles. The molecule has 0 saturated carbocycles. The maximum absolute atomic E-state index is 12.1. The molecule has 2 aromatic carbocycles. The van der Waals surface area contributed by atoms with E-state index >= 15 is 0 Å². The largest absolute Gasteiger partial charge is 0.454 e. The summed E-state index contributed by atoms with van der Waals surface area (Å²) >= 11 is 1.20. The monoisotopic (exact) mass is 425 g/mol. The number of carbonyl (C=O) groups is 2. The van der Waals surface area contributed by atoms with Crippen LogP contribution in [0.1, 0.15) is 5.56 Å². The summed E-state index contributed by atoms with van der Waals surface area (Å²) in [6, 6.07) is 12.3. The van der Waals surface area contributed by atoms with Gasteiger partial charge in [-0.2, -0.15) is 0 Å². The summed E-state index contributed by atoms with van der Waals surface area (Å²) in [4.78, 5) is 24.2. The van der Waals surface area contributed by atoms with Crippen molar-refractivity contribution in [3.63, 3.8) is 0 Å². The van der Waals surface area contributed by atoms with Crippen molar-refractivity contribution in [3.05, 3.63) is 48.0 Å². The van der Waals surface area contributed by atoms with Crippen molar-refractivity contribution in [2.45, 2.75) is 12.1 Å². The third-order valence-corrected chi connectivity index (χ3v) is 5.38. The van der Waals surface area contributed by atoms with Gasteiger partial charge in [0.2, 0.25) is 12.7 Å². The van der Waals surface area contributed by atoms with Crippen molar-refractivity contribution < 1.29 is 19.1 Å². The molecule has 9 nitrogen and oxygen atoms in total. The second-order valence-corrected chi connectivity index (χ2v) is 7.53. The van der Waals surface area contributed by atoms with Crippen molar-refractivity contribution in [3.8, 4) is 22.9 Å². The quantitative estimate of drug-likeness (QED) is 0.605. The molecule has 3 aromatic rings. The number of hydrogen-bond donors (Lipinski definition) is 2. The van der Waals surface area contributed by atoms with Crippen LogP contribution in [0.3, 0.4) is 0 Å². The first kappa shape index (κ1) is 19.8. The van der Waals surface area contributed by atoms with Crippen LogP contribution in [-0.2, 0) is 11.8 Å². The Kier molecular flexibility index (Phi) is 5.57. The van der Waals surface area contributed by atoms with Crippen LogP contribution in [0, 0.1) is 6.92 Å². The van der Waals surface area contributed by atoms with Crippen molar-refractivity contribution in [1.29, 1.82) is 0 Å². The minimum atomic E-state index is -0.627. The summed E-state index contributed by atoms with van der Waals surface area (Å²) in [5.41, 5.74) is 2.59. The molecular formula is C20H19N5O4S. The van der Waals surface area contributed by atoms with E-state index in [1.807, 2.05) is 42.8 Å². The first-order valence-electron chi connectivity index (χ1n) is 9.09. The molecule has 0 saturated heterocycles. The molecule has 10 heteroatoms. The maximum Gasteiger partial charge on any atom is 0.325 e. The van der Waals surface area contributed by atoms with Crippen LogP contribution < -0.4 is 20.1 Å². The fourth-order valence-corrected chi connectivity index (χ4v) is 3.54. The highest BCUT2D eigenvalue weighted by Crippen LogP contribution is 2.34. The zero-order chi connectivity index (χ0) is 21.1. The number of ether oxygens (including phenoxy) is 2. The lowest BCUT2D eigenvalue weighted by atomic mass is 10.1. The van der Waals surface area contributed by atoms with E-state index in [0.29, 0.717) is 28.2 Å². The van der Waals surface area contributed by atoms with Gasteiger partial charge in [0.15, 0.2) is 22.5 Å². The van der Waals surface area contributed by atoms with Crippen LogP contribution in [0.15, 0.2) is 47.6 Å². The molecule has 1 aliphatic rings. The van der Waals surface area contributed by atoms with Crippen molar-refractivity contribution in [2.75, 3.05) is 17.9 Å². The Balaban J connectivity index is 1.30. The normalized spacial score (nSPS) is 11.9. The summed E-state index contributed by atoms with van der Waals surface area (Å²) in [7, 11) is 1.84. The lowest BCUT2D eigenvalue weighted by Crippen LogP contribution is -2.35. The number of nitrogens with zero attached hydrogens (tertiary/aromatic N) is 3. The van der Waals surface area contributed by atoms with Gasteiger partial charge in [-0.1, -0.05) is 41.6 Å². The van der Waals surface area contributed by atoms with E-state index in [1.165, 1.54) is 11.8 Å². The van der Waals surface area contributed by atoms with E-state index in [2.05, 4.69) is 20.8 Å². The Morgan fingerprint density at radius 2 is 1.87 bits per heavy atom. The second-order valence-electron chi connectivity index (χ2n) is 6.59. The highest BCUT2D eigenvalue weighted by molar-refractivity contribution is 7.99. The zero-order valence-corrected chi connectivity index (χ0v) is 17.2. The number of rotatable bonds is 5. The van der Waals surface area contributed by atoms with Gasteiger partial charge < -0.3 is 19.4 Å². The molecule has 0 unspecified atom stereocenters. The van der Waals surface area contributed by atoms with Crippen molar-refractivity contribution >= 4 is 29.4 Å². The third kappa shape index (κ3) is 4.38. The van der Waals surface area contributed by atoms with Crippen LogP contribution in [0.2, 0.25) is 0 Å². The minimum Gasteiger partial charge on any atom is -0.454 e.